The van der Waals surface area contributed by atoms with Gasteiger partial charge in [-0.1, -0.05) is 18.2 Å². The van der Waals surface area contributed by atoms with Gasteiger partial charge in [-0.05, 0) is 12.1 Å². The molecule has 5 nitrogen and oxygen atoms in total. The van der Waals surface area contributed by atoms with Crippen LogP contribution in [0.1, 0.15) is 6.42 Å². The zero-order valence-electron chi connectivity index (χ0n) is 10.9. The number of carbonyl (C=O) groups excluding carboxylic acids is 1. The molecule has 0 heterocycles. The van der Waals surface area contributed by atoms with Gasteiger partial charge in [-0.3, -0.25) is 4.48 Å². The standard InChI is InChI=1S/C12H18NO4S.ClH/c1-13(2,9-6-10-14)12(15)18(16,17)11-7-4-3-5-8-11;/h3-5,7-8,14H,6,9-10H2,1-2H3;1H/q+1;/p-1. The Labute approximate surface area is 119 Å². The number of nitrogens with zero attached hydrogens (tertiary/aromatic N) is 1. The first-order valence-corrected chi connectivity index (χ1v) is 7.09. The van der Waals surface area contributed by atoms with Gasteiger partial charge in [0.2, 0.25) is 0 Å². The molecular formula is C12H18ClNO4S. The van der Waals surface area contributed by atoms with Crippen LogP contribution in [0.2, 0.25) is 0 Å². The van der Waals surface area contributed by atoms with Gasteiger partial charge in [-0.2, -0.15) is 0 Å². The van der Waals surface area contributed by atoms with Crippen molar-refractivity contribution < 1.29 is 35.2 Å². The van der Waals surface area contributed by atoms with Gasteiger partial charge in [-0.25, -0.2) is 13.2 Å². The summed E-state index contributed by atoms with van der Waals surface area (Å²) in [6.45, 7) is 0.210. The van der Waals surface area contributed by atoms with E-state index in [-0.39, 0.29) is 34.9 Å². The molecule has 0 aliphatic carbocycles. The van der Waals surface area contributed by atoms with Crippen molar-refractivity contribution in [3.05, 3.63) is 30.3 Å². The number of sulfone groups is 1. The van der Waals surface area contributed by atoms with Crippen LogP contribution in [0, 0.1) is 0 Å². The number of amides is 1. The second-order valence-corrected chi connectivity index (χ2v) is 6.40. The first-order valence-electron chi connectivity index (χ1n) is 5.61. The Morgan fingerprint density at radius 3 is 2.21 bits per heavy atom. The molecular weight excluding hydrogens is 290 g/mol. The summed E-state index contributed by atoms with van der Waals surface area (Å²) in [5.41, 5.74) is 0. The molecule has 0 bridgehead atoms. The molecule has 1 N–H and O–H groups in total. The van der Waals surface area contributed by atoms with E-state index in [1.807, 2.05) is 0 Å². The minimum Gasteiger partial charge on any atom is -1.00 e. The van der Waals surface area contributed by atoms with Crippen molar-refractivity contribution >= 4 is 15.1 Å². The molecule has 0 aromatic heterocycles. The Hall–Kier alpha value is -0.950. The van der Waals surface area contributed by atoms with Gasteiger partial charge < -0.3 is 17.5 Å². The van der Waals surface area contributed by atoms with E-state index in [0.29, 0.717) is 6.42 Å². The summed E-state index contributed by atoms with van der Waals surface area (Å²) >= 11 is 0. The molecule has 0 fully saturated rings. The molecule has 0 aliphatic rings. The fourth-order valence-electron chi connectivity index (χ4n) is 1.58. The SMILES string of the molecule is C[N+](C)(CCCO)C(=O)S(=O)(=O)c1ccccc1.[Cl-]. The molecule has 0 saturated heterocycles. The van der Waals surface area contributed by atoms with Gasteiger partial charge in [0.15, 0.2) is 0 Å². The third-order valence-corrected chi connectivity index (χ3v) is 4.50. The van der Waals surface area contributed by atoms with Crippen LogP contribution in [0.5, 0.6) is 0 Å². The third kappa shape index (κ3) is 4.28. The minimum absolute atomic E-state index is 0. The van der Waals surface area contributed by atoms with Gasteiger partial charge in [0, 0.05) is 13.0 Å². The summed E-state index contributed by atoms with van der Waals surface area (Å²) in [6.07, 6.45) is 0.378. The highest BCUT2D eigenvalue weighted by Crippen LogP contribution is 2.17. The van der Waals surface area contributed by atoms with E-state index in [1.54, 1.807) is 18.2 Å². The average molecular weight is 308 g/mol. The normalized spacial score (nSPS) is 11.7. The number of hydrogen-bond donors (Lipinski definition) is 1. The van der Waals surface area contributed by atoms with Crippen molar-refractivity contribution in [1.29, 1.82) is 0 Å². The summed E-state index contributed by atoms with van der Waals surface area (Å²) in [6, 6.07) is 7.65. The maximum Gasteiger partial charge on any atom is 0.435 e. The highest BCUT2D eigenvalue weighted by molar-refractivity contribution is 8.05. The van der Waals surface area contributed by atoms with E-state index in [2.05, 4.69) is 0 Å². The molecule has 0 unspecified atom stereocenters. The molecule has 0 aliphatic heterocycles. The Morgan fingerprint density at radius 2 is 1.74 bits per heavy atom. The van der Waals surface area contributed by atoms with Crippen LogP contribution in [0.25, 0.3) is 0 Å². The number of hydrogen-bond acceptors (Lipinski definition) is 4. The first kappa shape index (κ1) is 18.0. The van der Waals surface area contributed by atoms with E-state index >= 15 is 0 Å². The fraction of sp³-hybridized carbons (Fsp3) is 0.417. The summed E-state index contributed by atoms with van der Waals surface area (Å²) in [7, 11) is -0.923. The van der Waals surface area contributed by atoms with Crippen molar-refractivity contribution in [2.75, 3.05) is 27.2 Å². The van der Waals surface area contributed by atoms with Crippen molar-refractivity contribution in [3.8, 4) is 0 Å². The maximum absolute atomic E-state index is 12.1. The van der Waals surface area contributed by atoms with E-state index < -0.39 is 15.1 Å². The van der Waals surface area contributed by atoms with Gasteiger partial charge >= 0.3 is 5.24 Å². The average Bonchev–Trinajstić information content (AvgIpc) is 2.36. The summed E-state index contributed by atoms with van der Waals surface area (Å²) < 4.78 is 23.9. The van der Waals surface area contributed by atoms with Crippen LogP contribution in [0.4, 0.5) is 4.79 Å². The topological polar surface area (TPSA) is 71.4 Å². The number of quaternary nitrogens is 1. The molecule has 0 radical (unpaired) electrons. The molecule has 7 heteroatoms. The second-order valence-electron chi connectivity index (χ2n) is 4.57. The largest absolute Gasteiger partial charge is 1.00 e. The third-order valence-electron chi connectivity index (χ3n) is 2.65. The number of aliphatic hydroxyl groups is 1. The zero-order valence-corrected chi connectivity index (χ0v) is 12.5. The van der Waals surface area contributed by atoms with Crippen LogP contribution in [-0.4, -0.2) is 50.5 Å². The summed E-state index contributed by atoms with van der Waals surface area (Å²) in [5, 5.41) is 7.90. The number of carbonyl (C=O) groups is 1. The molecule has 0 saturated carbocycles. The second kappa shape index (κ2) is 7.00. The zero-order chi connectivity index (χ0) is 13.8. The summed E-state index contributed by atoms with van der Waals surface area (Å²) in [5.74, 6) is 0. The van der Waals surface area contributed by atoms with Crippen LogP contribution in [0.3, 0.4) is 0 Å². The molecule has 1 aromatic carbocycles. The van der Waals surface area contributed by atoms with Crippen molar-refractivity contribution in [2.45, 2.75) is 11.3 Å². The molecule has 19 heavy (non-hydrogen) atoms. The quantitative estimate of drug-likeness (QED) is 0.656. The number of halogens is 1. The molecule has 0 atom stereocenters. The van der Waals surface area contributed by atoms with E-state index in [4.69, 9.17) is 5.11 Å². The van der Waals surface area contributed by atoms with Gasteiger partial charge in [0.05, 0.1) is 25.5 Å². The molecule has 0 spiro atoms. The predicted molar refractivity (Wildman–Crippen MR) is 67.7 cm³/mol. The van der Waals surface area contributed by atoms with E-state index in [9.17, 15) is 13.2 Å². The molecule has 1 amide bonds. The fourth-order valence-corrected chi connectivity index (χ4v) is 3.04. The Bertz CT molecular complexity index is 514. The number of aliphatic hydroxyl groups excluding tert-OH is 1. The van der Waals surface area contributed by atoms with Gasteiger partial charge in [-0.15, -0.1) is 0 Å². The molecule has 108 valence electrons. The number of benzene rings is 1. The van der Waals surface area contributed by atoms with Gasteiger partial charge in [0.1, 0.15) is 0 Å². The van der Waals surface area contributed by atoms with Crippen LogP contribution in [0.15, 0.2) is 35.2 Å². The van der Waals surface area contributed by atoms with Crippen molar-refractivity contribution in [3.63, 3.8) is 0 Å². The Morgan fingerprint density at radius 1 is 1.21 bits per heavy atom. The number of rotatable bonds is 4. The monoisotopic (exact) mass is 307 g/mol. The van der Waals surface area contributed by atoms with Crippen LogP contribution >= 0.6 is 0 Å². The predicted octanol–water partition coefficient (Wildman–Crippen LogP) is -1.96. The smallest absolute Gasteiger partial charge is 0.435 e. The Balaban J connectivity index is 0.00000324. The summed E-state index contributed by atoms with van der Waals surface area (Å²) in [4.78, 5) is 12.1. The lowest BCUT2D eigenvalue weighted by molar-refractivity contribution is -0.802. The molecule has 1 aromatic rings. The van der Waals surface area contributed by atoms with Gasteiger partial charge in [0.25, 0.3) is 9.84 Å². The first-order chi connectivity index (χ1) is 8.32. The minimum atomic E-state index is -3.98. The lowest BCUT2D eigenvalue weighted by Crippen LogP contribution is -3.00. The lowest BCUT2D eigenvalue weighted by atomic mass is 10.4. The van der Waals surface area contributed by atoms with E-state index in [1.165, 1.54) is 26.2 Å². The van der Waals surface area contributed by atoms with Crippen molar-refractivity contribution in [1.82, 2.24) is 0 Å². The lowest BCUT2D eigenvalue weighted by Gasteiger charge is -2.25. The van der Waals surface area contributed by atoms with Crippen LogP contribution < -0.4 is 12.4 Å². The highest BCUT2D eigenvalue weighted by Gasteiger charge is 2.39. The van der Waals surface area contributed by atoms with Crippen molar-refractivity contribution in [2.24, 2.45) is 0 Å². The highest BCUT2D eigenvalue weighted by atomic mass is 35.5. The van der Waals surface area contributed by atoms with Crippen LogP contribution in [-0.2, 0) is 9.84 Å². The van der Waals surface area contributed by atoms with E-state index in [0.717, 1.165) is 0 Å². The molecule has 1 rings (SSSR count). The maximum atomic E-state index is 12.1. The Kier molecular flexibility index (Phi) is 6.65.